The smallest absolute Gasteiger partial charge is 0.113 e. The van der Waals surface area contributed by atoms with Gasteiger partial charge in [0.05, 0.1) is 5.69 Å². The van der Waals surface area contributed by atoms with E-state index in [1.165, 1.54) is 0 Å². The Morgan fingerprint density at radius 2 is 2.36 bits per heavy atom. The Hall–Kier alpha value is -0.970. The Morgan fingerprint density at radius 1 is 1.55 bits per heavy atom. The number of nitrogens with one attached hydrogen (secondary N) is 2. The molecular formula is C7H12N4. The van der Waals surface area contributed by atoms with E-state index >= 15 is 0 Å². The van der Waals surface area contributed by atoms with Crippen molar-refractivity contribution in [3.8, 4) is 0 Å². The molecule has 1 rings (SSSR count). The molecule has 1 heterocycles. The number of hydrazine groups is 1. The first-order valence-electron chi connectivity index (χ1n) is 3.43. The van der Waals surface area contributed by atoms with Gasteiger partial charge in [0.2, 0.25) is 0 Å². The third-order valence-corrected chi connectivity index (χ3v) is 1.44. The Labute approximate surface area is 65.8 Å². The van der Waals surface area contributed by atoms with Gasteiger partial charge in [-0.05, 0) is 19.2 Å². The average molecular weight is 152 g/mol. The van der Waals surface area contributed by atoms with Gasteiger partial charge < -0.3 is 0 Å². The summed E-state index contributed by atoms with van der Waals surface area (Å²) in [5, 5.41) is 2.97. The maximum Gasteiger partial charge on any atom is 0.113 e. The zero-order chi connectivity index (χ0) is 8.10. The predicted molar refractivity (Wildman–Crippen MR) is 43.4 cm³/mol. The number of rotatable bonds is 3. The van der Waals surface area contributed by atoms with Crippen LogP contribution in [0.25, 0.3) is 0 Å². The van der Waals surface area contributed by atoms with E-state index < -0.39 is 0 Å². The molecule has 4 heteroatoms. The zero-order valence-corrected chi connectivity index (χ0v) is 6.41. The lowest BCUT2D eigenvalue weighted by Gasteiger charge is -2.12. The molecule has 0 spiro atoms. The highest BCUT2D eigenvalue weighted by atomic mass is 15.3. The number of hydrogen-bond donors (Lipinski definition) is 3. The molecule has 0 aliphatic heterocycles. The standard InChI is InChI=1S/C7H12N4/c1-9-7(11-8)6-4-2-3-5-10-6/h2-5,7,9,11H,8H2,1H3. The van der Waals surface area contributed by atoms with E-state index in [4.69, 9.17) is 5.84 Å². The lowest BCUT2D eigenvalue weighted by molar-refractivity contribution is 0.477. The average Bonchev–Trinajstić information content (AvgIpc) is 2.09. The van der Waals surface area contributed by atoms with E-state index in [1.54, 1.807) is 6.20 Å². The maximum absolute atomic E-state index is 5.26. The van der Waals surface area contributed by atoms with Crippen LogP contribution in [0.3, 0.4) is 0 Å². The Morgan fingerprint density at radius 3 is 2.82 bits per heavy atom. The third kappa shape index (κ3) is 1.98. The van der Waals surface area contributed by atoms with Crippen LogP contribution < -0.4 is 16.6 Å². The van der Waals surface area contributed by atoms with E-state index in [0.29, 0.717) is 0 Å². The molecule has 0 saturated carbocycles. The highest BCUT2D eigenvalue weighted by Gasteiger charge is 2.04. The minimum absolute atomic E-state index is 0.0730. The van der Waals surface area contributed by atoms with Crippen LogP contribution in [0.2, 0.25) is 0 Å². The summed E-state index contributed by atoms with van der Waals surface area (Å²) in [6.07, 6.45) is 1.66. The second-order valence-electron chi connectivity index (χ2n) is 2.14. The van der Waals surface area contributed by atoms with Crippen LogP contribution in [0, 0.1) is 0 Å². The highest BCUT2D eigenvalue weighted by molar-refractivity contribution is 5.07. The van der Waals surface area contributed by atoms with Gasteiger partial charge in [-0.1, -0.05) is 6.07 Å². The van der Waals surface area contributed by atoms with Crippen molar-refractivity contribution in [1.82, 2.24) is 15.7 Å². The van der Waals surface area contributed by atoms with Crippen LogP contribution in [0.1, 0.15) is 11.9 Å². The van der Waals surface area contributed by atoms with Gasteiger partial charge in [-0.15, -0.1) is 0 Å². The molecule has 0 amide bonds. The minimum atomic E-state index is -0.0730. The van der Waals surface area contributed by atoms with Gasteiger partial charge >= 0.3 is 0 Å². The second kappa shape index (κ2) is 4.02. The zero-order valence-electron chi connectivity index (χ0n) is 6.41. The van der Waals surface area contributed by atoms with Crippen LogP contribution in [0.4, 0.5) is 0 Å². The fraction of sp³-hybridized carbons (Fsp3) is 0.286. The number of hydrogen-bond acceptors (Lipinski definition) is 4. The molecule has 0 aliphatic carbocycles. The van der Waals surface area contributed by atoms with Crippen molar-refractivity contribution >= 4 is 0 Å². The molecule has 0 bridgehead atoms. The second-order valence-corrected chi connectivity index (χ2v) is 2.14. The molecule has 1 aromatic heterocycles. The molecule has 11 heavy (non-hydrogen) atoms. The van der Waals surface area contributed by atoms with Crippen LogP contribution in [0.5, 0.6) is 0 Å². The predicted octanol–water partition coefficient (Wildman–Crippen LogP) is -0.237. The minimum Gasteiger partial charge on any atom is -0.299 e. The lowest BCUT2D eigenvalue weighted by Crippen LogP contribution is -2.36. The van der Waals surface area contributed by atoms with Crippen molar-refractivity contribution in [1.29, 1.82) is 0 Å². The van der Waals surface area contributed by atoms with Crippen molar-refractivity contribution in [2.45, 2.75) is 6.17 Å². The Kier molecular flexibility index (Phi) is 2.97. The molecule has 1 atom stereocenters. The molecule has 0 fully saturated rings. The lowest BCUT2D eigenvalue weighted by atomic mass is 10.3. The van der Waals surface area contributed by atoms with Gasteiger partial charge in [0.25, 0.3) is 0 Å². The molecule has 4 N–H and O–H groups in total. The molecule has 0 aliphatic rings. The number of nitrogens with zero attached hydrogens (tertiary/aromatic N) is 1. The van der Waals surface area contributed by atoms with Crippen LogP contribution in [-0.2, 0) is 0 Å². The molecule has 60 valence electrons. The molecule has 1 aromatic rings. The van der Waals surface area contributed by atoms with Crippen LogP contribution in [-0.4, -0.2) is 12.0 Å². The summed E-state index contributed by atoms with van der Waals surface area (Å²) < 4.78 is 0. The number of pyridine rings is 1. The van der Waals surface area contributed by atoms with E-state index in [0.717, 1.165) is 5.69 Å². The highest BCUT2D eigenvalue weighted by Crippen LogP contribution is 2.02. The third-order valence-electron chi connectivity index (χ3n) is 1.44. The van der Waals surface area contributed by atoms with Crippen molar-refractivity contribution in [3.05, 3.63) is 30.1 Å². The summed E-state index contributed by atoms with van der Waals surface area (Å²) in [6.45, 7) is 0. The molecule has 0 radical (unpaired) electrons. The summed E-state index contributed by atoms with van der Waals surface area (Å²) in [6, 6.07) is 5.69. The van der Waals surface area contributed by atoms with Crippen molar-refractivity contribution in [2.24, 2.45) is 5.84 Å². The van der Waals surface area contributed by atoms with Gasteiger partial charge in [-0.3, -0.25) is 16.1 Å². The molecule has 4 nitrogen and oxygen atoms in total. The van der Waals surface area contributed by atoms with E-state index in [1.807, 2.05) is 25.2 Å². The fourth-order valence-corrected chi connectivity index (χ4v) is 0.863. The van der Waals surface area contributed by atoms with E-state index in [2.05, 4.69) is 15.7 Å². The Balaban J connectivity index is 2.74. The fourth-order valence-electron chi connectivity index (χ4n) is 0.863. The van der Waals surface area contributed by atoms with Crippen molar-refractivity contribution < 1.29 is 0 Å². The number of nitrogens with two attached hydrogens (primary N) is 1. The van der Waals surface area contributed by atoms with Crippen LogP contribution >= 0.6 is 0 Å². The molecular weight excluding hydrogens is 140 g/mol. The van der Waals surface area contributed by atoms with Gasteiger partial charge in [0, 0.05) is 6.20 Å². The first kappa shape index (κ1) is 8.13. The van der Waals surface area contributed by atoms with Gasteiger partial charge in [-0.25, -0.2) is 5.43 Å². The molecule has 1 unspecified atom stereocenters. The quantitative estimate of drug-likeness (QED) is 0.318. The summed E-state index contributed by atoms with van der Waals surface area (Å²) >= 11 is 0. The van der Waals surface area contributed by atoms with E-state index in [-0.39, 0.29) is 6.17 Å². The van der Waals surface area contributed by atoms with Gasteiger partial charge in [0.15, 0.2) is 0 Å². The topological polar surface area (TPSA) is 63.0 Å². The summed E-state index contributed by atoms with van der Waals surface area (Å²) in [4.78, 5) is 4.12. The Bertz CT molecular complexity index is 195. The summed E-state index contributed by atoms with van der Waals surface area (Å²) in [5.41, 5.74) is 3.48. The normalized spacial score (nSPS) is 12.9. The van der Waals surface area contributed by atoms with Crippen molar-refractivity contribution in [2.75, 3.05) is 7.05 Å². The van der Waals surface area contributed by atoms with Crippen LogP contribution in [0.15, 0.2) is 24.4 Å². The molecule has 0 saturated heterocycles. The largest absolute Gasteiger partial charge is 0.299 e. The monoisotopic (exact) mass is 152 g/mol. The first-order valence-corrected chi connectivity index (χ1v) is 3.43. The summed E-state index contributed by atoms with van der Waals surface area (Å²) in [5.74, 6) is 5.26. The SMILES string of the molecule is CNC(NN)c1ccccn1. The molecule has 0 aromatic carbocycles. The first-order chi connectivity index (χ1) is 5.38. The van der Waals surface area contributed by atoms with Crippen molar-refractivity contribution in [3.63, 3.8) is 0 Å². The van der Waals surface area contributed by atoms with E-state index in [9.17, 15) is 0 Å². The van der Waals surface area contributed by atoms with Gasteiger partial charge in [0.1, 0.15) is 6.17 Å². The number of aromatic nitrogens is 1. The van der Waals surface area contributed by atoms with Gasteiger partial charge in [-0.2, -0.15) is 0 Å². The maximum atomic E-state index is 5.26. The summed E-state index contributed by atoms with van der Waals surface area (Å²) in [7, 11) is 1.82.